The molecule has 1 rings (SSSR count). The van der Waals surface area contributed by atoms with E-state index in [1.807, 2.05) is 30.3 Å². The smallest absolute Gasteiger partial charge is 0.353 e. The highest BCUT2D eigenvalue weighted by atomic mass is 16.6. The van der Waals surface area contributed by atoms with Crippen LogP contribution in [0.3, 0.4) is 0 Å². The number of benzene rings is 1. The Labute approximate surface area is 82.3 Å². The zero-order chi connectivity index (χ0) is 10.6. The molecule has 4 nitrogen and oxygen atoms in total. The van der Waals surface area contributed by atoms with E-state index in [1.54, 1.807) is 0 Å². The summed E-state index contributed by atoms with van der Waals surface area (Å²) < 4.78 is 4.78. The molecule has 1 aromatic carbocycles. The maximum absolute atomic E-state index is 11.0. The Hall–Kier alpha value is -1.39. The number of aliphatic hydroxyl groups is 1. The lowest BCUT2D eigenvalue weighted by Gasteiger charge is -2.15. The van der Waals surface area contributed by atoms with Crippen molar-refractivity contribution in [2.45, 2.75) is 19.3 Å². The fraction of sp³-hybridized carbons (Fsp3) is 0.300. The van der Waals surface area contributed by atoms with Crippen LogP contribution in [0, 0.1) is 0 Å². The van der Waals surface area contributed by atoms with E-state index in [-0.39, 0.29) is 6.61 Å². The van der Waals surface area contributed by atoms with Crippen LogP contribution in [0.4, 0.5) is 0 Å². The van der Waals surface area contributed by atoms with E-state index in [1.165, 1.54) is 6.92 Å². The minimum atomic E-state index is -1.92. The summed E-state index contributed by atoms with van der Waals surface area (Å²) in [6, 6.07) is 9.18. The number of esters is 1. The quantitative estimate of drug-likeness (QED) is 0.540. The first-order valence-corrected chi connectivity index (χ1v) is 4.22. The first-order valence-electron chi connectivity index (χ1n) is 4.22. The van der Waals surface area contributed by atoms with Crippen LogP contribution in [0.2, 0.25) is 0 Å². The third kappa shape index (κ3) is 3.16. The van der Waals surface area contributed by atoms with E-state index in [0.29, 0.717) is 0 Å². The lowest BCUT2D eigenvalue weighted by molar-refractivity contribution is -0.164. The van der Waals surface area contributed by atoms with Crippen molar-refractivity contribution in [2.24, 2.45) is 5.73 Å². The molecule has 0 heterocycles. The largest absolute Gasteiger partial charge is 0.458 e. The summed E-state index contributed by atoms with van der Waals surface area (Å²) in [5, 5.41) is 9.07. The minimum absolute atomic E-state index is 0.118. The van der Waals surface area contributed by atoms with Gasteiger partial charge in [-0.3, -0.25) is 5.73 Å². The molecule has 0 aliphatic carbocycles. The van der Waals surface area contributed by atoms with Gasteiger partial charge in [-0.05, 0) is 12.5 Å². The normalized spacial score (nSPS) is 14.5. The van der Waals surface area contributed by atoms with Crippen molar-refractivity contribution in [1.82, 2.24) is 0 Å². The maximum Gasteiger partial charge on any atom is 0.353 e. The third-order valence-corrected chi connectivity index (χ3v) is 1.63. The van der Waals surface area contributed by atoms with Crippen LogP contribution in [0.5, 0.6) is 0 Å². The van der Waals surface area contributed by atoms with Gasteiger partial charge in [0.25, 0.3) is 0 Å². The average molecular weight is 195 g/mol. The molecule has 1 atom stereocenters. The van der Waals surface area contributed by atoms with Gasteiger partial charge in [-0.1, -0.05) is 30.3 Å². The SMILES string of the molecule is CC(N)(O)C(=O)OCc1ccccc1. The molecular weight excluding hydrogens is 182 g/mol. The highest BCUT2D eigenvalue weighted by Crippen LogP contribution is 2.03. The molecule has 0 saturated carbocycles. The van der Waals surface area contributed by atoms with Crippen molar-refractivity contribution in [3.63, 3.8) is 0 Å². The topological polar surface area (TPSA) is 72.5 Å². The maximum atomic E-state index is 11.0. The van der Waals surface area contributed by atoms with Crippen LogP contribution >= 0.6 is 0 Å². The van der Waals surface area contributed by atoms with E-state index in [0.717, 1.165) is 5.56 Å². The van der Waals surface area contributed by atoms with Gasteiger partial charge in [-0.2, -0.15) is 0 Å². The zero-order valence-corrected chi connectivity index (χ0v) is 7.93. The van der Waals surface area contributed by atoms with Crippen LogP contribution < -0.4 is 5.73 Å². The fourth-order valence-electron chi connectivity index (χ4n) is 0.869. The number of nitrogens with two attached hydrogens (primary N) is 1. The molecule has 0 fully saturated rings. The van der Waals surface area contributed by atoms with Gasteiger partial charge in [0.2, 0.25) is 5.72 Å². The van der Waals surface area contributed by atoms with Gasteiger partial charge < -0.3 is 9.84 Å². The Morgan fingerprint density at radius 1 is 1.50 bits per heavy atom. The lowest BCUT2D eigenvalue weighted by Crippen LogP contribution is -2.45. The summed E-state index contributed by atoms with van der Waals surface area (Å²) in [5.74, 6) is -0.832. The summed E-state index contributed by atoms with van der Waals surface area (Å²) in [4.78, 5) is 11.0. The van der Waals surface area contributed by atoms with Crippen LogP contribution in [0.1, 0.15) is 12.5 Å². The Morgan fingerprint density at radius 3 is 2.57 bits per heavy atom. The molecule has 0 aliphatic heterocycles. The Kier molecular flexibility index (Phi) is 3.22. The van der Waals surface area contributed by atoms with Crippen molar-refractivity contribution in [3.8, 4) is 0 Å². The van der Waals surface area contributed by atoms with Gasteiger partial charge in [0.05, 0.1) is 0 Å². The van der Waals surface area contributed by atoms with Crippen LogP contribution in [-0.2, 0) is 16.1 Å². The second kappa shape index (κ2) is 4.21. The minimum Gasteiger partial charge on any atom is -0.458 e. The molecule has 0 spiro atoms. The molecule has 0 radical (unpaired) electrons. The van der Waals surface area contributed by atoms with Gasteiger partial charge in [0.1, 0.15) is 6.61 Å². The standard InChI is InChI=1S/C10H13NO3/c1-10(11,13)9(12)14-7-8-5-3-2-4-6-8/h2-6,13H,7,11H2,1H3. The summed E-state index contributed by atoms with van der Waals surface area (Å²) in [7, 11) is 0. The predicted molar refractivity (Wildman–Crippen MR) is 51.0 cm³/mol. The van der Waals surface area contributed by atoms with Crippen molar-refractivity contribution in [2.75, 3.05) is 0 Å². The monoisotopic (exact) mass is 195 g/mol. The molecule has 0 aliphatic rings. The number of ether oxygens (including phenoxy) is 1. The van der Waals surface area contributed by atoms with Crippen molar-refractivity contribution >= 4 is 5.97 Å². The Balaban J connectivity index is 2.46. The highest BCUT2D eigenvalue weighted by Gasteiger charge is 2.26. The molecule has 76 valence electrons. The van der Waals surface area contributed by atoms with Crippen molar-refractivity contribution in [1.29, 1.82) is 0 Å². The number of carbonyl (C=O) groups is 1. The zero-order valence-electron chi connectivity index (χ0n) is 7.93. The first kappa shape index (κ1) is 10.7. The molecule has 0 saturated heterocycles. The molecule has 3 N–H and O–H groups in total. The van der Waals surface area contributed by atoms with Crippen molar-refractivity contribution < 1.29 is 14.6 Å². The molecule has 4 heteroatoms. The second-order valence-corrected chi connectivity index (χ2v) is 3.21. The second-order valence-electron chi connectivity index (χ2n) is 3.21. The Bertz CT molecular complexity index is 303. The molecule has 1 aromatic rings. The molecular formula is C10H13NO3. The summed E-state index contributed by atoms with van der Waals surface area (Å²) in [5.41, 5.74) is 4.05. The summed E-state index contributed by atoms with van der Waals surface area (Å²) >= 11 is 0. The first-order chi connectivity index (χ1) is 6.50. The van der Waals surface area contributed by atoms with Crippen molar-refractivity contribution in [3.05, 3.63) is 35.9 Å². The fourth-order valence-corrected chi connectivity index (χ4v) is 0.869. The van der Waals surface area contributed by atoms with Gasteiger partial charge in [-0.15, -0.1) is 0 Å². The molecule has 0 amide bonds. The van der Waals surface area contributed by atoms with Gasteiger partial charge in [0, 0.05) is 0 Å². The molecule has 0 aromatic heterocycles. The molecule has 0 bridgehead atoms. The van der Waals surface area contributed by atoms with E-state index < -0.39 is 11.7 Å². The lowest BCUT2D eigenvalue weighted by atomic mass is 10.2. The number of rotatable bonds is 3. The molecule has 1 unspecified atom stereocenters. The summed E-state index contributed by atoms with van der Waals surface area (Å²) in [6.07, 6.45) is 0. The van der Waals surface area contributed by atoms with Gasteiger partial charge in [0.15, 0.2) is 0 Å². The van der Waals surface area contributed by atoms with E-state index in [9.17, 15) is 4.79 Å². The molecule has 14 heavy (non-hydrogen) atoms. The van der Waals surface area contributed by atoms with Crippen LogP contribution in [0.25, 0.3) is 0 Å². The Morgan fingerprint density at radius 2 is 2.07 bits per heavy atom. The number of hydrogen-bond acceptors (Lipinski definition) is 4. The van der Waals surface area contributed by atoms with Crippen LogP contribution in [0.15, 0.2) is 30.3 Å². The average Bonchev–Trinajstić information content (AvgIpc) is 2.14. The number of carbonyl (C=O) groups excluding carboxylic acids is 1. The van der Waals surface area contributed by atoms with E-state index in [2.05, 4.69) is 0 Å². The van der Waals surface area contributed by atoms with Gasteiger partial charge in [-0.25, -0.2) is 4.79 Å². The highest BCUT2D eigenvalue weighted by molar-refractivity contribution is 5.77. The number of hydrogen-bond donors (Lipinski definition) is 2. The van der Waals surface area contributed by atoms with E-state index in [4.69, 9.17) is 15.6 Å². The van der Waals surface area contributed by atoms with Gasteiger partial charge >= 0.3 is 5.97 Å². The summed E-state index contributed by atoms with van der Waals surface area (Å²) in [6.45, 7) is 1.30. The van der Waals surface area contributed by atoms with E-state index >= 15 is 0 Å². The predicted octanol–water partition coefficient (Wildman–Crippen LogP) is 0.397. The third-order valence-electron chi connectivity index (χ3n) is 1.63. The van der Waals surface area contributed by atoms with Crippen LogP contribution in [-0.4, -0.2) is 16.8 Å².